The zero-order valence-corrected chi connectivity index (χ0v) is 18.6. The Kier molecular flexibility index (Phi) is 7.73. The molecule has 1 fully saturated rings. The van der Waals surface area contributed by atoms with E-state index in [4.69, 9.17) is 16.7 Å². The number of carbonyl (C=O) groups is 3. The van der Waals surface area contributed by atoms with Crippen molar-refractivity contribution in [2.45, 2.75) is 32.2 Å². The number of hydrogen-bond donors (Lipinski definition) is 3. The highest BCUT2D eigenvalue weighted by Gasteiger charge is 2.56. The molecule has 8 heteroatoms. The summed E-state index contributed by atoms with van der Waals surface area (Å²) in [5, 5.41) is 15.3. The van der Waals surface area contributed by atoms with Crippen molar-refractivity contribution in [3.63, 3.8) is 0 Å². The minimum Gasteiger partial charge on any atom is -0.396 e. The largest absolute Gasteiger partial charge is 0.396 e. The highest BCUT2D eigenvalue weighted by atomic mass is 35.5. The molecular weight excluding hydrogens is 418 g/mol. The van der Waals surface area contributed by atoms with Crippen LogP contribution in [-0.4, -0.2) is 54.0 Å². The van der Waals surface area contributed by atoms with Crippen LogP contribution in [0, 0.1) is 23.7 Å². The number of aliphatic hydroxyl groups excluding tert-OH is 1. The van der Waals surface area contributed by atoms with Gasteiger partial charge in [-0.2, -0.15) is 0 Å². The third kappa shape index (κ3) is 4.77. The van der Waals surface area contributed by atoms with Crippen molar-refractivity contribution in [2.24, 2.45) is 23.7 Å². The Morgan fingerprint density at radius 2 is 1.84 bits per heavy atom. The number of hydrogen-bond acceptors (Lipinski definition) is 4. The molecule has 0 bridgehead atoms. The van der Waals surface area contributed by atoms with E-state index in [2.05, 4.69) is 10.6 Å². The second-order valence-electron chi connectivity index (χ2n) is 8.10. The smallest absolute Gasteiger partial charge is 0.247 e. The maximum absolute atomic E-state index is 13.5. The molecule has 1 saturated heterocycles. The summed E-state index contributed by atoms with van der Waals surface area (Å²) in [6.07, 6.45) is 5.77. The van der Waals surface area contributed by atoms with Gasteiger partial charge in [0.05, 0.1) is 11.8 Å². The summed E-state index contributed by atoms with van der Waals surface area (Å²) < 4.78 is 0. The lowest BCUT2D eigenvalue weighted by atomic mass is 9.69. The van der Waals surface area contributed by atoms with Gasteiger partial charge in [0.25, 0.3) is 0 Å². The van der Waals surface area contributed by atoms with Crippen molar-refractivity contribution in [1.82, 2.24) is 10.2 Å². The minimum atomic E-state index is -0.715. The van der Waals surface area contributed by atoms with Gasteiger partial charge in [-0.1, -0.05) is 30.7 Å². The first kappa shape index (κ1) is 23.3. The average Bonchev–Trinajstić information content (AvgIpc) is 3.06. The number of likely N-dealkylation sites (tertiary alicyclic amines) is 1. The monoisotopic (exact) mass is 447 g/mol. The normalized spacial score (nSPS) is 27.2. The first-order chi connectivity index (χ1) is 14.9. The van der Waals surface area contributed by atoms with Gasteiger partial charge in [-0.25, -0.2) is 0 Å². The van der Waals surface area contributed by atoms with Crippen LogP contribution in [0.5, 0.6) is 0 Å². The number of aliphatic hydroxyl groups is 1. The summed E-state index contributed by atoms with van der Waals surface area (Å²) in [6, 6.07) is 6.08. The maximum Gasteiger partial charge on any atom is 0.247 e. The third-order valence-electron chi connectivity index (χ3n) is 6.32. The summed E-state index contributed by atoms with van der Waals surface area (Å²) in [5.41, 5.74) is 0.592. The Morgan fingerprint density at radius 1 is 1.13 bits per heavy atom. The highest BCUT2D eigenvalue weighted by Crippen LogP contribution is 2.45. The predicted molar refractivity (Wildman–Crippen MR) is 119 cm³/mol. The molecule has 1 aromatic rings. The number of fused-ring (bicyclic) bond motifs is 1. The van der Waals surface area contributed by atoms with Gasteiger partial charge >= 0.3 is 0 Å². The molecule has 3 rings (SSSR count). The Morgan fingerprint density at radius 3 is 2.45 bits per heavy atom. The molecular formula is C23H30ClN3O4. The van der Waals surface area contributed by atoms with Crippen LogP contribution in [0.1, 0.15) is 26.2 Å². The molecule has 2 aliphatic rings. The van der Waals surface area contributed by atoms with E-state index in [1.807, 2.05) is 19.1 Å². The Balaban J connectivity index is 1.93. The number of halogens is 1. The molecule has 0 spiro atoms. The van der Waals surface area contributed by atoms with Crippen LogP contribution in [0.15, 0.2) is 36.4 Å². The third-order valence-corrected chi connectivity index (χ3v) is 6.57. The maximum atomic E-state index is 13.5. The van der Waals surface area contributed by atoms with E-state index < -0.39 is 17.9 Å². The van der Waals surface area contributed by atoms with Crippen LogP contribution in [0.2, 0.25) is 5.02 Å². The number of benzene rings is 1. The van der Waals surface area contributed by atoms with Gasteiger partial charge in [0.15, 0.2) is 0 Å². The summed E-state index contributed by atoms with van der Waals surface area (Å²) in [6.45, 7) is 2.37. The lowest BCUT2D eigenvalue weighted by molar-refractivity contribution is -0.140. The van der Waals surface area contributed by atoms with Crippen molar-refractivity contribution < 1.29 is 19.5 Å². The number of amides is 3. The molecule has 3 N–H and O–H groups in total. The van der Waals surface area contributed by atoms with E-state index >= 15 is 0 Å². The standard InChI is InChI=1S/C23H30ClN3O4/c1-3-14-6-11-17-19(18(14)21(29)25-2)23(31)27(12-4-5-13-28)20(17)22(30)26-16-9-7-15(24)8-10-16/h6-11,14,17-20,28H,3-5,12-13H2,1-2H3,(H,25,29)(H,26,30)/t14-,17+,18-,19-,20+/m1/s1. The summed E-state index contributed by atoms with van der Waals surface area (Å²) in [4.78, 5) is 41.1. The molecule has 1 aromatic carbocycles. The molecule has 5 atom stereocenters. The van der Waals surface area contributed by atoms with Gasteiger partial charge < -0.3 is 20.6 Å². The van der Waals surface area contributed by atoms with Gasteiger partial charge in [0.1, 0.15) is 6.04 Å². The Hall–Kier alpha value is -2.38. The Labute approximate surface area is 187 Å². The Bertz CT molecular complexity index is 842. The molecule has 0 aromatic heterocycles. The quantitative estimate of drug-likeness (QED) is 0.421. The fraction of sp³-hybridized carbons (Fsp3) is 0.522. The van der Waals surface area contributed by atoms with Crippen molar-refractivity contribution in [3.05, 3.63) is 41.4 Å². The number of nitrogens with one attached hydrogen (secondary N) is 2. The van der Waals surface area contributed by atoms with Crippen LogP contribution >= 0.6 is 11.6 Å². The van der Waals surface area contributed by atoms with E-state index in [1.165, 1.54) is 0 Å². The van der Waals surface area contributed by atoms with Gasteiger partial charge in [-0.05, 0) is 49.4 Å². The van der Waals surface area contributed by atoms with Crippen LogP contribution < -0.4 is 10.6 Å². The highest BCUT2D eigenvalue weighted by molar-refractivity contribution is 6.30. The molecule has 1 heterocycles. The summed E-state index contributed by atoms with van der Waals surface area (Å²) in [5.74, 6) is -2.16. The molecule has 168 valence electrons. The van der Waals surface area contributed by atoms with E-state index in [9.17, 15) is 14.4 Å². The average molecular weight is 448 g/mol. The molecule has 31 heavy (non-hydrogen) atoms. The first-order valence-corrected chi connectivity index (χ1v) is 11.2. The fourth-order valence-electron chi connectivity index (χ4n) is 4.80. The number of unbranched alkanes of at least 4 members (excludes halogenated alkanes) is 1. The second kappa shape index (κ2) is 10.3. The zero-order chi connectivity index (χ0) is 22.5. The van der Waals surface area contributed by atoms with E-state index in [0.717, 1.165) is 6.42 Å². The lowest BCUT2D eigenvalue weighted by Crippen LogP contribution is -2.45. The molecule has 0 radical (unpaired) electrons. The SMILES string of the molecule is CC[C@@H]1C=C[C@H]2[C@@H](C(=O)N(CCCCO)[C@@H]2C(=O)Nc2ccc(Cl)cc2)[C@@H]1C(=O)NC. The number of carbonyl (C=O) groups excluding carboxylic acids is 3. The molecule has 1 aliphatic carbocycles. The fourth-order valence-corrected chi connectivity index (χ4v) is 4.92. The van der Waals surface area contributed by atoms with E-state index in [0.29, 0.717) is 30.1 Å². The second-order valence-corrected chi connectivity index (χ2v) is 8.54. The molecule has 1 aliphatic heterocycles. The zero-order valence-electron chi connectivity index (χ0n) is 17.9. The van der Waals surface area contributed by atoms with Gasteiger partial charge in [-0.15, -0.1) is 0 Å². The molecule has 7 nitrogen and oxygen atoms in total. The molecule has 0 unspecified atom stereocenters. The number of nitrogens with zero attached hydrogens (tertiary/aromatic N) is 1. The van der Waals surface area contributed by atoms with Crippen molar-refractivity contribution in [2.75, 3.05) is 25.5 Å². The van der Waals surface area contributed by atoms with E-state index in [-0.39, 0.29) is 36.2 Å². The van der Waals surface area contributed by atoms with E-state index in [1.54, 1.807) is 36.2 Å². The molecule has 3 amide bonds. The number of allylic oxidation sites excluding steroid dienone is 1. The summed E-state index contributed by atoms with van der Waals surface area (Å²) in [7, 11) is 1.57. The predicted octanol–water partition coefficient (Wildman–Crippen LogP) is 2.45. The van der Waals surface area contributed by atoms with Gasteiger partial charge in [0.2, 0.25) is 17.7 Å². The lowest BCUT2D eigenvalue weighted by Gasteiger charge is -2.33. The number of rotatable bonds is 8. The van der Waals surface area contributed by atoms with Crippen LogP contribution in [-0.2, 0) is 14.4 Å². The van der Waals surface area contributed by atoms with Gasteiger partial charge in [0, 0.05) is 36.8 Å². The van der Waals surface area contributed by atoms with Crippen LogP contribution in [0.4, 0.5) is 5.69 Å². The topological polar surface area (TPSA) is 98.7 Å². The van der Waals surface area contributed by atoms with Crippen molar-refractivity contribution >= 4 is 35.0 Å². The van der Waals surface area contributed by atoms with Crippen LogP contribution in [0.3, 0.4) is 0 Å². The van der Waals surface area contributed by atoms with Gasteiger partial charge in [-0.3, -0.25) is 14.4 Å². The van der Waals surface area contributed by atoms with Crippen LogP contribution in [0.25, 0.3) is 0 Å². The van der Waals surface area contributed by atoms with Crippen molar-refractivity contribution in [3.8, 4) is 0 Å². The number of anilines is 1. The minimum absolute atomic E-state index is 0.0230. The van der Waals surface area contributed by atoms with Crippen molar-refractivity contribution in [1.29, 1.82) is 0 Å². The molecule has 0 saturated carbocycles. The first-order valence-electron chi connectivity index (χ1n) is 10.8. The summed E-state index contributed by atoms with van der Waals surface area (Å²) >= 11 is 5.93.